The number of thioether (sulfide) groups is 1. The number of pyridine rings is 1. The second kappa shape index (κ2) is 15.4. The van der Waals surface area contributed by atoms with E-state index in [1.54, 1.807) is 31.2 Å². The van der Waals surface area contributed by atoms with Crippen molar-refractivity contribution < 1.29 is 14.3 Å². The Balaban J connectivity index is 1.59. The SMILES string of the molecule is CCCNc1nc(SCc2csc(-c3ccc(Cl)cc3)n2)c(C#N)c(-c2ccc(OCCOC(=O)[C@H](C)N)cc2)c1C#N. The first kappa shape index (κ1) is 31.8. The minimum absolute atomic E-state index is 0.0663. The Morgan fingerprint density at radius 2 is 1.77 bits per heavy atom. The quantitative estimate of drug-likeness (QED) is 0.0932. The van der Waals surface area contributed by atoms with Gasteiger partial charge < -0.3 is 20.5 Å². The van der Waals surface area contributed by atoms with E-state index in [2.05, 4.69) is 17.5 Å². The zero-order chi connectivity index (χ0) is 30.8. The van der Waals surface area contributed by atoms with Crippen LogP contribution in [-0.2, 0) is 15.3 Å². The van der Waals surface area contributed by atoms with Crippen molar-refractivity contribution in [3.8, 4) is 39.6 Å². The molecule has 0 aliphatic carbocycles. The van der Waals surface area contributed by atoms with Gasteiger partial charge in [0.15, 0.2) is 0 Å². The van der Waals surface area contributed by atoms with Gasteiger partial charge >= 0.3 is 5.97 Å². The lowest BCUT2D eigenvalue weighted by Crippen LogP contribution is -2.29. The molecule has 0 unspecified atom stereocenters. The summed E-state index contributed by atoms with van der Waals surface area (Å²) in [5, 5.41) is 27.7. The highest BCUT2D eigenvalue weighted by Crippen LogP contribution is 2.38. The van der Waals surface area contributed by atoms with Crippen LogP contribution in [0.15, 0.2) is 58.9 Å². The number of aromatic nitrogens is 2. The van der Waals surface area contributed by atoms with Crippen LogP contribution in [0.5, 0.6) is 5.75 Å². The number of nitrogens with one attached hydrogen (secondary N) is 1. The number of anilines is 1. The molecule has 4 rings (SSSR count). The number of rotatable bonds is 13. The van der Waals surface area contributed by atoms with Crippen LogP contribution in [0.1, 0.15) is 37.1 Å². The van der Waals surface area contributed by atoms with Gasteiger partial charge in [-0.1, -0.05) is 54.6 Å². The lowest BCUT2D eigenvalue weighted by atomic mass is 9.96. The van der Waals surface area contributed by atoms with Crippen LogP contribution in [0.25, 0.3) is 21.7 Å². The molecule has 0 aliphatic heterocycles. The van der Waals surface area contributed by atoms with Crippen molar-refractivity contribution in [2.24, 2.45) is 5.73 Å². The number of hydrogen-bond acceptors (Lipinski definition) is 11. The summed E-state index contributed by atoms with van der Waals surface area (Å²) in [6, 6.07) is 18.4. The molecule has 2 heterocycles. The van der Waals surface area contributed by atoms with Gasteiger partial charge in [0, 0.05) is 33.8 Å². The second-order valence-electron chi connectivity index (χ2n) is 9.31. The van der Waals surface area contributed by atoms with Gasteiger partial charge in [-0.05, 0) is 43.2 Å². The third-order valence-corrected chi connectivity index (χ3v) is 8.24. The molecule has 3 N–H and O–H groups in total. The molecule has 12 heteroatoms. The number of carbonyl (C=O) groups is 1. The summed E-state index contributed by atoms with van der Waals surface area (Å²) in [5.74, 6) is 0.968. The number of esters is 1. The Morgan fingerprint density at radius 3 is 2.42 bits per heavy atom. The highest BCUT2D eigenvalue weighted by molar-refractivity contribution is 7.98. The van der Waals surface area contributed by atoms with Crippen molar-refractivity contribution in [3.05, 3.63) is 75.8 Å². The number of ether oxygens (including phenoxy) is 2. The predicted octanol–water partition coefficient (Wildman–Crippen LogP) is 6.65. The Kier molecular flexibility index (Phi) is 11.4. The van der Waals surface area contributed by atoms with Crippen LogP contribution >= 0.6 is 34.7 Å². The first-order chi connectivity index (χ1) is 20.8. The number of nitrogens with two attached hydrogens (primary N) is 1. The van der Waals surface area contributed by atoms with Gasteiger partial charge in [-0.15, -0.1) is 11.3 Å². The third-order valence-electron chi connectivity index (χ3n) is 6.04. The fourth-order valence-corrected chi connectivity index (χ4v) is 5.87. The largest absolute Gasteiger partial charge is 0.490 e. The van der Waals surface area contributed by atoms with Crippen LogP contribution < -0.4 is 15.8 Å². The molecular weight excluding hydrogens is 604 g/mol. The van der Waals surface area contributed by atoms with E-state index in [0.29, 0.717) is 56.2 Å². The molecule has 0 aliphatic rings. The molecule has 220 valence electrons. The Hall–Kier alpha value is -4.13. The van der Waals surface area contributed by atoms with Gasteiger partial charge in [0.25, 0.3) is 0 Å². The molecule has 0 spiro atoms. The monoisotopic (exact) mass is 632 g/mol. The van der Waals surface area contributed by atoms with E-state index in [1.807, 2.05) is 36.6 Å². The molecule has 0 fully saturated rings. The molecule has 0 saturated heterocycles. The summed E-state index contributed by atoms with van der Waals surface area (Å²) in [7, 11) is 0. The normalized spacial score (nSPS) is 11.3. The molecule has 9 nitrogen and oxygen atoms in total. The van der Waals surface area contributed by atoms with E-state index in [1.165, 1.54) is 23.1 Å². The van der Waals surface area contributed by atoms with Gasteiger partial charge in [0.05, 0.1) is 11.3 Å². The predicted molar refractivity (Wildman–Crippen MR) is 170 cm³/mol. The topological polar surface area (TPSA) is 147 Å². The fraction of sp³-hybridized carbons (Fsp3) is 0.258. The molecule has 0 radical (unpaired) electrons. The molecule has 1 atom stereocenters. The van der Waals surface area contributed by atoms with Crippen LogP contribution in [0.2, 0.25) is 5.02 Å². The maximum atomic E-state index is 11.5. The van der Waals surface area contributed by atoms with Crippen molar-refractivity contribution in [2.45, 2.75) is 37.1 Å². The van der Waals surface area contributed by atoms with Crippen molar-refractivity contribution in [3.63, 3.8) is 0 Å². The summed E-state index contributed by atoms with van der Waals surface area (Å²) in [6.45, 7) is 4.42. The standard InChI is InChI=1S/C31H29ClN6O3S2/c1-3-12-36-28-25(15-33)27(20-6-10-24(11-7-20)40-13-14-41-31(39)19(2)35)26(16-34)30(38-28)43-18-23-17-42-29(37-23)21-4-8-22(32)9-5-21/h4-11,17,19H,3,12-14,18,35H2,1-2H3,(H,36,38)/t19-/m0/s1. The lowest BCUT2D eigenvalue weighted by Gasteiger charge is -2.16. The van der Waals surface area contributed by atoms with Crippen molar-refractivity contribution in [1.82, 2.24) is 9.97 Å². The number of hydrogen-bond donors (Lipinski definition) is 2. The molecule has 4 aromatic rings. The number of nitriles is 2. The molecule has 2 aromatic heterocycles. The maximum Gasteiger partial charge on any atom is 0.322 e. The van der Waals surface area contributed by atoms with Gasteiger partial charge in [-0.25, -0.2) is 9.97 Å². The minimum atomic E-state index is -0.698. The molecule has 0 bridgehead atoms. The first-order valence-electron chi connectivity index (χ1n) is 13.4. The van der Waals surface area contributed by atoms with E-state index >= 15 is 0 Å². The summed E-state index contributed by atoms with van der Waals surface area (Å²) in [5.41, 5.74) is 9.11. The molecule has 2 aromatic carbocycles. The first-order valence-corrected chi connectivity index (χ1v) is 15.7. The zero-order valence-electron chi connectivity index (χ0n) is 23.6. The molecular formula is C31H29ClN6O3S2. The van der Waals surface area contributed by atoms with Crippen molar-refractivity contribution >= 4 is 46.5 Å². The van der Waals surface area contributed by atoms with Crippen LogP contribution in [0, 0.1) is 22.7 Å². The zero-order valence-corrected chi connectivity index (χ0v) is 26.0. The fourth-order valence-electron chi connectivity index (χ4n) is 3.93. The van der Waals surface area contributed by atoms with E-state index in [-0.39, 0.29) is 13.2 Å². The number of benzene rings is 2. The summed E-state index contributed by atoms with van der Waals surface area (Å²) >= 11 is 8.95. The maximum absolute atomic E-state index is 11.5. The van der Waals surface area contributed by atoms with E-state index in [0.717, 1.165) is 22.7 Å². The third kappa shape index (κ3) is 8.25. The van der Waals surface area contributed by atoms with Gasteiger partial charge in [0.1, 0.15) is 58.6 Å². The average molecular weight is 633 g/mol. The second-order valence-corrected chi connectivity index (χ2v) is 11.6. The molecule has 0 saturated carbocycles. The highest BCUT2D eigenvalue weighted by Gasteiger charge is 2.22. The summed E-state index contributed by atoms with van der Waals surface area (Å²) in [6.07, 6.45) is 0.836. The summed E-state index contributed by atoms with van der Waals surface area (Å²) in [4.78, 5) is 21.0. The van der Waals surface area contributed by atoms with Gasteiger partial charge in [-0.2, -0.15) is 10.5 Å². The number of carbonyl (C=O) groups excluding carboxylic acids is 1. The average Bonchev–Trinajstić information content (AvgIpc) is 3.50. The number of nitrogens with zero attached hydrogens (tertiary/aromatic N) is 4. The van der Waals surface area contributed by atoms with E-state index in [4.69, 9.17) is 36.8 Å². The number of halogens is 1. The Bertz CT molecular complexity index is 1640. The Labute approximate surface area is 263 Å². The summed E-state index contributed by atoms with van der Waals surface area (Å²) < 4.78 is 10.7. The van der Waals surface area contributed by atoms with Crippen LogP contribution in [0.4, 0.5) is 5.82 Å². The molecule has 0 amide bonds. The van der Waals surface area contributed by atoms with Crippen LogP contribution in [-0.4, -0.2) is 41.7 Å². The minimum Gasteiger partial charge on any atom is -0.490 e. The lowest BCUT2D eigenvalue weighted by molar-refractivity contribution is -0.145. The van der Waals surface area contributed by atoms with Crippen molar-refractivity contribution in [2.75, 3.05) is 25.1 Å². The van der Waals surface area contributed by atoms with Gasteiger partial charge in [-0.3, -0.25) is 4.79 Å². The number of thiazole rings is 1. The molecule has 43 heavy (non-hydrogen) atoms. The smallest absolute Gasteiger partial charge is 0.322 e. The van der Waals surface area contributed by atoms with Gasteiger partial charge in [0.2, 0.25) is 0 Å². The highest BCUT2D eigenvalue weighted by atomic mass is 35.5. The van der Waals surface area contributed by atoms with Crippen LogP contribution in [0.3, 0.4) is 0 Å². The Morgan fingerprint density at radius 1 is 1.07 bits per heavy atom. The van der Waals surface area contributed by atoms with E-state index < -0.39 is 12.0 Å². The van der Waals surface area contributed by atoms with E-state index in [9.17, 15) is 15.3 Å². The van der Waals surface area contributed by atoms with Crippen molar-refractivity contribution in [1.29, 1.82) is 10.5 Å².